The van der Waals surface area contributed by atoms with E-state index in [4.69, 9.17) is 9.15 Å². The van der Waals surface area contributed by atoms with Crippen LogP contribution in [0.3, 0.4) is 0 Å². The van der Waals surface area contributed by atoms with Crippen molar-refractivity contribution in [2.24, 2.45) is 23.7 Å². The van der Waals surface area contributed by atoms with E-state index in [0.717, 1.165) is 6.42 Å². The van der Waals surface area contributed by atoms with Gasteiger partial charge in [0.25, 0.3) is 0 Å². The molecule has 5 atom stereocenters. The number of nitrogens with one attached hydrogen (secondary N) is 1. The van der Waals surface area contributed by atoms with Gasteiger partial charge in [-0.2, -0.15) is 0 Å². The molecule has 2 aromatic rings. The van der Waals surface area contributed by atoms with Crippen LogP contribution in [-0.2, 0) is 14.4 Å². The number of hydrogen-bond donors (Lipinski definition) is 1. The van der Waals surface area contributed by atoms with Crippen LogP contribution in [-0.4, -0.2) is 29.7 Å². The number of hydrogen-bond acceptors (Lipinski definition) is 5. The van der Waals surface area contributed by atoms with E-state index in [9.17, 15) is 14.4 Å². The topological polar surface area (TPSA) is 88.8 Å². The summed E-state index contributed by atoms with van der Waals surface area (Å²) in [7, 11) is 1.57. The fourth-order valence-corrected chi connectivity index (χ4v) is 5.44. The van der Waals surface area contributed by atoms with Gasteiger partial charge < -0.3 is 14.5 Å². The first-order chi connectivity index (χ1) is 15.0. The molecule has 0 spiro atoms. The highest BCUT2D eigenvalue weighted by Crippen LogP contribution is 2.54. The summed E-state index contributed by atoms with van der Waals surface area (Å²) in [6, 6.07) is 9.54. The van der Waals surface area contributed by atoms with E-state index in [1.165, 1.54) is 4.90 Å². The molecule has 2 aliphatic carbocycles. The van der Waals surface area contributed by atoms with Crippen LogP contribution in [0.1, 0.15) is 24.6 Å². The van der Waals surface area contributed by atoms with Crippen LogP contribution < -0.4 is 10.1 Å². The summed E-state index contributed by atoms with van der Waals surface area (Å²) in [4.78, 5) is 40.7. The van der Waals surface area contributed by atoms with Gasteiger partial charge in [0.15, 0.2) is 4.67 Å². The number of carbonyl (C=O) groups excluding carboxylic acids is 3. The highest BCUT2D eigenvalue weighted by molar-refractivity contribution is 9.10. The number of fused-ring (bicyclic) bond motifs is 5. The number of methoxy groups -OCH3 is 1. The normalized spacial score (nSPS) is 27.0. The summed E-state index contributed by atoms with van der Waals surface area (Å²) in [5.41, 5.74) is 0.600. The van der Waals surface area contributed by atoms with Crippen molar-refractivity contribution in [3.05, 3.63) is 59.0 Å². The summed E-state index contributed by atoms with van der Waals surface area (Å²) in [6.45, 7) is 0. The molecule has 7 nitrogen and oxygen atoms in total. The number of benzene rings is 1. The number of nitrogens with zero attached hydrogens (tertiary/aromatic N) is 1. The van der Waals surface area contributed by atoms with Crippen molar-refractivity contribution in [1.82, 2.24) is 4.90 Å². The number of rotatable bonds is 6. The molecule has 1 saturated heterocycles. The number of likely N-dealkylation sites (tertiary alicyclic amines) is 1. The monoisotopic (exact) mass is 484 g/mol. The van der Waals surface area contributed by atoms with Gasteiger partial charge in [0.2, 0.25) is 17.7 Å². The summed E-state index contributed by atoms with van der Waals surface area (Å²) in [5, 5.41) is 2.82. The predicted octanol–water partition coefficient (Wildman–Crippen LogP) is 3.93. The lowest BCUT2D eigenvalue weighted by Gasteiger charge is -2.26. The molecule has 31 heavy (non-hydrogen) atoms. The van der Waals surface area contributed by atoms with Gasteiger partial charge in [-0.25, -0.2) is 0 Å². The quantitative estimate of drug-likeness (QED) is 0.495. The molecule has 1 N–H and O–H groups in total. The third-order valence-electron chi connectivity index (χ3n) is 6.49. The Morgan fingerprint density at radius 2 is 1.77 bits per heavy atom. The first-order valence-electron chi connectivity index (χ1n) is 10.2. The van der Waals surface area contributed by atoms with Crippen LogP contribution in [0.2, 0.25) is 0 Å². The molecule has 5 rings (SSSR count). The first kappa shape index (κ1) is 20.1. The van der Waals surface area contributed by atoms with Crippen LogP contribution in [0.15, 0.2) is 57.6 Å². The molecule has 3 amide bonds. The van der Waals surface area contributed by atoms with Gasteiger partial charge in [0, 0.05) is 5.69 Å². The molecule has 1 saturated carbocycles. The molecule has 1 aromatic carbocycles. The Bertz CT molecular complexity index is 1050. The SMILES string of the molecule is COc1ccc(NC(=O)CC(c2ccc(Br)o2)N2C(=O)C3C4C=CC(C4)C3C2=O)cc1. The first-order valence-corrected chi connectivity index (χ1v) is 11.0. The zero-order valence-corrected chi connectivity index (χ0v) is 18.4. The van der Waals surface area contributed by atoms with Gasteiger partial charge >= 0.3 is 0 Å². The molecule has 160 valence electrons. The van der Waals surface area contributed by atoms with E-state index in [-0.39, 0.29) is 47.8 Å². The summed E-state index contributed by atoms with van der Waals surface area (Å²) >= 11 is 3.27. The standard InChI is InChI=1S/C23H21BrN2O5/c1-30-15-6-4-14(5-7-15)25-19(27)11-16(17-8-9-18(24)31-17)26-22(28)20-12-2-3-13(10-12)21(20)23(26)29/h2-9,12-13,16,20-21H,10-11H2,1H3,(H,25,27). The number of imide groups is 1. The average Bonchev–Trinajstić information content (AvgIpc) is 3.52. The van der Waals surface area contributed by atoms with Crippen LogP contribution in [0.5, 0.6) is 5.75 Å². The van der Waals surface area contributed by atoms with Crippen molar-refractivity contribution in [1.29, 1.82) is 0 Å². The zero-order valence-electron chi connectivity index (χ0n) is 16.8. The molecule has 2 bridgehead atoms. The lowest BCUT2D eigenvalue weighted by Crippen LogP contribution is -2.38. The molecule has 2 heterocycles. The van der Waals surface area contributed by atoms with Crippen LogP contribution in [0.4, 0.5) is 5.69 Å². The molecule has 3 aliphatic rings. The van der Waals surface area contributed by atoms with Crippen molar-refractivity contribution in [2.45, 2.75) is 18.9 Å². The molecule has 1 aliphatic heterocycles. The fraction of sp³-hybridized carbons (Fsp3) is 0.348. The lowest BCUT2D eigenvalue weighted by molar-refractivity contribution is -0.144. The second-order valence-corrected chi connectivity index (χ2v) is 8.97. The van der Waals surface area contributed by atoms with Gasteiger partial charge in [0.05, 0.1) is 25.4 Å². The van der Waals surface area contributed by atoms with Crippen molar-refractivity contribution >= 4 is 39.3 Å². The average molecular weight is 485 g/mol. The minimum Gasteiger partial charge on any atom is -0.497 e. The van der Waals surface area contributed by atoms with Gasteiger partial charge in [0.1, 0.15) is 17.6 Å². The molecule has 5 unspecified atom stereocenters. The van der Waals surface area contributed by atoms with E-state index < -0.39 is 6.04 Å². The van der Waals surface area contributed by atoms with Crippen molar-refractivity contribution in [2.75, 3.05) is 12.4 Å². The van der Waals surface area contributed by atoms with Crippen LogP contribution in [0.25, 0.3) is 0 Å². The Hall–Kier alpha value is -2.87. The molecule has 2 fully saturated rings. The second kappa shape index (κ2) is 7.67. The number of halogens is 1. The Labute approximate surface area is 187 Å². The zero-order chi connectivity index (χ0) is 21.7. The lowest BCUT2D eigenvalue weighted by atomic mass is 9.85. The largest absolute Gasteiger partial charge is 0.497 e. The summed E-state index contributed by atoms with van der Waals surface area (Å²) in [5.74, 6) is -0.0917. The third kappa shape index (κ3) is 3.39. The maximum Gasteiger partial charge on any atom is 0.234 e. The Kier molecular flexibility index (Phi) is 4.97. The fourth-order valence-electron chi connectivity index (χ4n) is 5.12. The number of furan rings is 1. The molecule has 1 aromatic heterocycles. The van der Waals surface area contributed by atoms with Gasteiger partial charge in [-0.1, -0.05) is 12.2 Å². The minimum atomic E-state index is -0.797. The maximum atomic E-state index is 13.3. The summed E-state index contributed by atoms with van der Waals surface area (Å²) in [6.07, 6.45) is 4.87. The number of carbonyl (C=O) groups is 3. The second-order valence-electron chi connectivity index (χ2n) is 8.18. The number of amides is 3. The molecule has 8 heteroatoms. The Morgan fingerprint density at radius 1 is 1.13 bits per heavy atom. The highest BCUT2D eigenvalue weighted by atomic mass is 79.9. The maximum absolute atomic E-state index is 13.3. The van der Waals surface area contributed by atoms with E-state index >= 15 is 0 Å². The van der Waals surface area contributed by atoms with Crippen LogP contribution >= 0.6 is 15.9 Å². The number of ether oxygens (including phenoxy) is 1. The third-order valence-corrected chi connectivity index (χ3v) is 6.92. The van der Waals surface area contributed by atoms with E-state index in [0.29, 0.717) is 21.9 Å². The van der Waals surface area contributed by atoms with E-state index in [1.807, 2.05) is 0 Å². The molecular weight excluding hydrogens is 464 g/mol. The van der Waals surface area contributed by atoms with Crippen molar-refractivity contribution in [3.63, 3.8) is 0 Å². The van der Waals surface area contributed by atoms with E-state index in [2.05, 4.69) is 33.4 Å². The van der Waals surface area contributed by atoms with Crippen molar-refractivity contribution in [3.8, 4) is 5.75 Å². The highest BCUT2D eigenvalue weighted by Gasteiger charge is 2.60. The van der Waals surface area contributed by atoms with Gasteiger partial charge in [-0.05, 0) is 70.6 Å². The van der Waals surface area contributed by atoms with Gasteiger partial charge in [-0.15, -0.1) is 0 Å². The smallest absolute Gasteiger partial charge is 0.234 e. The molecule has 0 radical (unpaired) electrons. The molecular formula is C23H21BrN2O5. The van der Waals surface area contributed by atoms with Crippen LogP contribution in [0, 0.1) is 23.7 Å². The minimum absolute atomic E-state index is 0.0916. The number of allylic oxidation sites excluding steroid dienone is 2. The summed E-state index contributed by atoms with van der Waals surface area (Å²) < 4.78 is 11.3. The predicted molar refractivity (Wildman–Crippen MR) is 115 cm³/mol. The van der Waals surface area contributed by atoms with Crippen molar-refractivity contribution < 1.29 is 23.5 Å². The Morgan fingerprint density at radius 3 is 2.32 bits per heavy atom. The Balaban J connectivity index is 1.39. The van der Waals surface area contributed by atoms with Gasteiger partial charge in [-0.3, -0.25) is 19.3 Å². The number of anilines is 1. The van der Waals surface area contributed by atoms with E-state index in [1.54, 1.807) is 43.5 Å².